The number of aromatic nitrogens is 1. The molecule has 1 aromatic heterocycles. The molecule has 3 rings (SSSR count). The van der Waals surface area contributed by atoms with Crippen molar-refractivity contribution in [2.75, 3.05) is 18.5 Å². The van der Waals surface area contributed by atoms with Gasteiger partial charge in [-0.15, -0.1) is 0 Å². The molecule has 23 heavy (non-hydrogen) atoms. The number of carbonyl (C=O) groups is 1. The number of carbonyl (C=O) groups excluding carboxylic acids is 1. The van der Waals surface area contributed by atoms with Crippen LogP contribution in [0.25, 0.3) is 0 Å². The first-order valence-corrected chi connectivity index (χ1v) is 7.91. The first-order valence-electron chi connectivity index (χ1n) is 7.91. The minimum Gasteiger partial charge on any atom is -0.492 e. The number of urea groups is 1. The van der Waals surface area contributed by atoms with Crippen LogP contribution in [0.3, 0.4) is 0 Å². The lowest BCUT2D eigenvalue weighted by atomic mass is 10.1. The Hall–Kier alpha value is -2.50. The van der Waals surface area contributed by atoms with Crippen LogP contribution in [-0.2, 0) is 0 Å². The maximum atomic E-state index is 12.7. The van der Waals surface area contributed by atoms with Gasteiger partial charge in [-0.05, 0) is 38.8 Å². The maximum Gasteiger partial charge on any atom is 0.322 e. The third-order valence-corrected chi connectivity index (χ3v) is 3.93. The fourth-order valence-electron chi connectivity index (χ4n) is 2.90. The van der Waals surface area contributed by atoms with Crippen LogP contribution >= 0.6 is 0 Å². The molecule has 1 N–H and O–H groups in total. The second-order valence-electron chi connectivity index (χ2n) is 5.57. The van der Waals surface area contributed by atoms with Crippen LogP contribution in [0.15, 0.2) is 34.9 Å². The zero-order valence-electron chi connectivity index (χ0n) is 13.4. The van der Waals surface area contributed by atoms with Gasteiger partial charge < -0.3 is 19.5 Å². The van der Waals surface area contributed by atoms with Crippen LogP contribution in [0, 0.1) is 6.92 Å². The predicted molar refractivity (Wildman–Crippen MR) is 86.6 cm³/mol. The van der Waals surface area contributed by atoms with Gasteiger partial charge in [0.25, 0.3) is 0 Å². The summed E-state index contributed by atoms with van der Waals surface area (Å²) >= 11 is 0. The van der Waals surface area contributed by atoms with Gasteiger partial charge in [0.1, 0.15) is 17.2 Å². The number of aryl methyl sites for hydroxylation is 1. The lowest BCUT2D eigenvalue weighted by molar-refractivity contribution is 0.204. The molecule has 2 heterocycles. The van der Waals surface area contributed by atoms with Crippen molar-refractivity contribution in [1.29, 1.82) is 0 Å². The summed E-state index contributed by atoms with van der Waals surface area (Å²) in [5.74, 6) is 1.44. The molecule has 1 aliphatic rings. The summed E-state index contributed by atoms with van der Waals surface area (Å²) in [5, 5.41) is 7.01. The molecule has 122 valence electrons. The molecule has 2 aromatic rings. The van der Waals surface area contributed by atoms with E-state index in [1.807, 2.05) is 44.2 Å². The number of amides is 2. The van der Waals surface area contributed by atoms with Gasteiger partial charge in [-0.2, -0.15) is 0 Å². The highest BCUT2D eigenvalue weighted by molar-refractivity contribution is 5.91. The van der Waals surface area contributed by atoms with Crippen LogP contribution in [0.4, 0.5) is 10.5 Å². The molecule has 0 spiro atoms. The second kappa shape index (κ2) is 6.73. The summed E-state index contributed by atoms with van der Waals surface area (Å²) in [5.41, 5.74) is 1.49. The van der Waals surface area contributed by atoms with Crippen molar-refractivity contribution < 1.29 is 14.1 Å². The number of likely N-dealkylation sites (tertiary alicyclic amines) is 1. The molecule has 1 aromatic carbocycles. The third kappa shape index (κ3) is 3.31. The standard InChI is InChI=1S/C17H21N3O3/c1-3-22-16-9-5-4-7-13(16)18-17(21)20-10-6-8-15(20)14-11-12(2)23-19-14/h4-5,7,9,11,15H,3,6,8,10H2,1-2H3,(H,18,21). The maximum absolute atomic E-state index is 12.7. The quantitative estimate of drug-likeness (QED) is 0.933. The van der Waals surface area contributed by atoms with E-state index in [2.05, 4.69) is 10.5 Å². The number of hydrogen-bond acceptors (Lipinski definition) is 4. The summed E-state index contributed by atoms with van der Waals surface area (Å²) in [6, 6.07) is 9.17. The first kappa shape index (κ1) is 15.4. The summed E-state index contributed by atoms with van der Waals surface area (Å²) < 4.78 is 10.7. The third-order valence-electron chi connectivity index (χ3n) is 3.93. The van der Waals surface area contributed by atoms with Crippen LogP contribution in [0.1, 0.15) is 37.3 Å². The molecule has 0 radical (unpaired) electrons. The topological polar surface area (TPSA) is 67.6 Å². The minimum absolute atomic E-state index is 0.0355. The molecule has 1 aliphatic heterocycles. The summed E-state index contributed by atoms with van der Waals surface area (Å²) in [6.45, 7) is 5.03. The van der Waals surface area contributed by atoms with Gasteiger partial charge in [-0.3, -0.25) is 0 Å². The van der Waals surface area contributed by atoms with Gasteiger partial charge in [0.2, 0.25) is 0 Å². The normalized spacial score (nSPS) is 17.3. The average Bonchev–Trinajstić information content (AvgIpc) is 3.18. The largest absolute Gasteiger partial charge is 0.492 e. The molecule has 1 unspecified atom stereocenters. The lowest BCUT2D eigenvalue weighted by Gasteiger charge is -2.24. The summed E-state index contributed by atoms with van der Waals surface area (Å²) in [6.07, 6.45) is 1.85. The van der Waals surface area contributed by atoms with Gasteiger partial charge in [0, 0.05) is 12.6 Å². The van der Waals surface area contributed by atoms with Crippen molar-refractivity contribution in [2.24, 2.45) is 0 Å². The fraction of sp³-hybridized carbons (Fsp3) is 0.412. The molecular weight excluding hydrogens is 294 g/mol. The average molecular weight is 315 g/mol. The van der Waals surface area contributed by atoms with Gasteiger partial charge in [-0.25, -0.2) is 4.79 Å². The van der Waals surface area contributed by atoms with E-state index >= 15 is 0 Å². The Morgan fingerprint density at radius 3 is 3.04 bits per heavy atom. The summed E-state index contributed by atoms with van der Waals surface area (Å²) in [7, 11) is 0. The van der Waals surface area contributed by atoms with Gasteiger partial charge in [0.15, 0.2) is 0 Å². The molecule has 1 atom stereocenters. The van der Waals surface area contributed by atoms with Crippen LogP contribution in [-0.4, -0.2) is 29.2 Å². The number of benzene rings is 1. The first-order chi connectivity index (χ1) is 11.2. The van der Waals surface area contributed by atoms with Crippen molar-refractivity contribution in [2.45, 2.75) is 32.7 Å². The van der Waals surface area contributed by atoms with Gasteiger partial charge in [-0.1, -0.05) is 17.3 Å². The molecule has 2 amide bonds. The van der Waals surface area contributed by atoms with E-state index in [-0.39, 0.29) is 12.1 Å². The Morgan fingerprint density at radius 2 is 2.30 bits per heavy atom. The zero-order valence-corrected chi connectivity index (χ0v) is 13.4. The van der Waals surface area contributed by atoms with Crippen molar-refractivity contribution in [3.8, 4) is 5.75 Å². The predicted octanol–water partition coefficient (Wildman–Crippen LogP) is 3.75. The number of anilines is 1. The molecule has 0 saturated carbocycles. The van der Waals surface area contributed by atoms with Crippen molar-refractivity contribution in [3.05, 3.63) is 41.8 Å². The number of hydrogen-bond donors (Lipinski definition) is 1. The van der Waals surface area contributed by atoms with Crippen LogP contribution in [0.5, 0.6) is 5.75 Å². The number of nitrogens with zero attached hydrogens (tertiary/aromatic N) is 2. The van der Waals surface area contributed by atoms with E-state index in [0.29, 0.717) is 24.6 Å². The van der Waals surface area contributed by atoms with E-state index in [1.165, 1.54) is 0 Å². The molecule has 1 fully saturated rings. The minimum atomic E-state index is -0.139. The monoisotopic (exact) mass is 315 g/mol. The SMILES string of the molecule is CCOc1ccccc1NC(=O)N1CCCC1c1cc(C)on1. The lowest BCUT2D eigenvalue weighted by Crippen LogP contribution is -2.34. The van der Waals surface area contributed by atoms with Crippen molar-refractivity contribution in [1.82, 2.24) is 10.1 Å². The Balaban J connectivity index is 1.75. The molecule has 0 bridgehead atoms. The Bertz CT molecular complexity index is 683. The van der Waals surface area contributed by atoms with Crippen molar-refractivity contribution >= 4 is 11.7 Å². The fourth-order valence-corrected chi connectivity index (χ4v) is 2.90. The molecular formula is C17H21N3O3. The Labute approximate surface area is 135 Å². The highest BCUT2D eigenvalue weighted by Gasteiger charge is 2.32. The number of ether oxygens (including phenoxy) is 1. The Morgan fingerprint density at radius 1 is 1.48 bits per heavy atom. The van der Waals surface area contributed by atoms with E-state index in [1.54, 1.807) is 4.90 Å². The summed E-state index contributed by atoms with van der Waals surface area (Å²) in [4.78, 5) is 14.5. The van der Waals surface area contributed by atoms with E-state index < -0.39 is 0 Å². The van der Waals surface area contributed by atoms with E-state index in [9.17, 15) is 4.79 Å². The number of para-hydroxylation sites is 2. The highest BCUT2D eigenvalue weighted by Crippen LogP contribution is 2.33. The molecule has 1 saturated heterocycles. The van der Waals surface area contributed by atoms with Crippen molar-refractivity contribution in [3.63, 3.8) is 0 Å². The second-order valence-corrected chi connectivity index (χ2v) is 5.57. The van der Waals surface area contributed by atoms with E-state index in [0.717, 1.165) is 24.3 Å². The van der Waals surface area contributed by atoms with Gasteiger partial charge >= 0.3 is 6.03 Å². The van der Waals surface area contributed by atoms with Crippen LogP contribution in [0.2, 0.25) is 0 Å². The van der Waals surface area contributed by atoms with Crippen LogP contribution < -0.4 is 10.1 Å². The molecule has 6 nitrogen and oxygen atoms in total. The smallest absolute Gasteiger partial charge is 0.322 e. The highest BCUT2D eigenvalue weighted by atomic mass is 16.5. The molecule has 6 heteroatoms. The number of rotatable bonds is 4. The molecule has 0 aliphatic carbocycles. The van der Waals surface area contributed by atoms with E-state index in [4.69, 9.17) is 9.26 Å². The Kier molecular flexibility index (Phi) is 4.50. The van der Waals surface area contributed by atoms with Gasteiger partial charge in [0.05, 0.1) is 18.3 Å². The zero-order chi connectivity index (χ0) is 16.2. The number of nitrogens with one attached hydrogen (secondary N) is 1.